The molecule has 0 aliphatic carbocycles. The number of benzene rings is 2. The first kappa shape index (κ1) is 14.5. The van der Waals surface area contributed by atoms with Crippen LogP contribution in [0.5, 0.6) is 0 Å². The minimum absolute atomic E-state index is 0.180. The summed E-state index contributed by atoms with van der Waals surface area (Å²) in [5.41, 5.74) is 1.88. The van der Waals surface area contributed by atoms with Crippen LogP contribution in [0, 0.1) is 12.7 Å². The van der Waals surface area contributed by atoms with Crippen LogP contribution in [0.15, 0.2) is 53.0 Å². The van der Waals surface area contributed by atoms with Crippen LogP contribution in [0.2, 0.25) is 0 Å². The molecule has 0 radical (unpaired) electrons. The van der Waals surface area contributed by atoms with Crippen molar-refractivity contribution < 1.29 is 9.18 Å². The fraction of sp³-hybridized carbons (Fsp3) is 0.0625. The van der Waals surface area contributed by atoms with Crippen LogP contribution in [0.1, 0.15) is 11.1 Å². The molecule has 0 heterocycles. The Labute approximate surface area is 125 Å². The summed E-state index contributed by atoms with van der Waals surface area (Å²) in [6.45, 7) is 1.79. The minimum atomic E-state index is -0.436. The predicted octanol–water partition coefficient (Wildman–Crippen LogP) is 4.55. The van der Waals surface area contributed by atoms with E-state index in [1.807, 2.05) is 24.3 Å². The number of carbonyl (C=O) groups excluding carboxylic acids is 1. The summed E-state index contributed by atoms with van der Waals surface area (Å²) in [5.74, 6) is -0.804. The molecule has 0 aliphatic heterocycles. The number of hydrogen-bond acceptors (Lipinski definition) is 1. The van der Waals surface area contributed by atoms with Crippen LogP contribution in [0.3, 0.4) is 0 Å². The molecular weight excluding hydrogens is 321 g/mol. The Kier molecular flexibility index (Phi) is 4.69. The summed E-state index contributed by atoms with van der Waals surface area (Å²) < 4.78 is 14.5. The zero-order valence-electron chi connectivity index (χ0n) is 10.9. The van der Waals surface area contributed by atoms with E-state index in [1.54, 1.807) is 25.1 Å². The van der Waals surface area contributed by atoms with E-state index < -0.39 is 5.82 Å². The molecule has 1 N–H and O–H groups in total. The summed E-state index contributed by atoms with van der Waals surface area (Å²) >= 11 is 3.36. The lowest BCUT2D eigenvalue weighted by Crippen LogP contribution is -2.09. The molecule has 0 bridgehead atoms. The third-order valence-corrected chi connectivity index (χ3v) is 3.15. The van der Waals surface area contributed by atoms with Gasteiger partial charge in [0, 0.05) is 10.5 Å². The number of hydrogen-bond donors (Lipinski definition) is 1. The Hall–Kier alpha value is -1.94. The van der Waals surface area contributed by atoms with Gasteiger partial charge in [-0.1, -0.05) is 34.1 Å². The van der Waals surface area contributed by atoms with Gasteiger partial charge >= 0.3 is 0 Å². The molecule has 0 aliphatic rings. The van der Waals surface area contributed by atoms with Crippen molar-refractivity contribution in [3.05, 3.63) is 70.0 Å². The zero-order chi connectivity index (χ0) is 14.5. The summed E-state index contributed by atoms with van der Waals surface area (Å²) in [4.78, 5) is 11.7. The van der Waals surface area contributed by atoms with Gasteiger partial charge in [-0.25, -0.2) is 4.39 Å². The minimum Gasteiger partial charge on any atom is -0.320 e. The molecule has 2 aromatic carbocycles. The van der Waals surface area contributed by atoms with E-state index >= 15 is 0 Å². The summed E-state index contributed by atoms with van der Waals surface area (Å²) in [7, 11) is 0. The Bertz CT molecular complexity index is 667. The van der Waals surface area contributed by atoms with Crippen molar-refractivity contribution in [1.29, 1.82) is 0 Å². The average molecular weight is 334 g/mol. The van der Waals surface area contributed by atoms with E-state index in [0.717, 1.165) is 15.6 Å². The quantitative estimate of drug-likeness (QED) is 0.820. The van der Waals surface area contributed by atoms with Gasteiger partial charge in [0.2, 0.25) is 5.91 Å². The van der Waals surface area contributed by atoms with E-state index in [-0.39, 0.29) is 11.6 Å². The molecule has 0 unspecified atom stereocenters. The van der Waals surface area contributed by atoms with Crippen molar-refractivity contribution >= 4 is 33.6 Å². The second-order valence-electron chi connectivity index (χ2n) is 4.36. The first-order chi connectivity index (χ1) is 9.54. The molecule has 0 atom stereocenters. The first-order valence-electron chi connectivity index (χ1n) is 6.05. The third kappa shape index (κ3) is 4.03. The number of carbonyl (C=O) groups is 1. The number of rotatable bonds is 3. The molecule has 102 valence electrons. The highest BCUT2D eigenvalue weighted by Gasteiger charge is 2.04. The number of aryl methyl sites for hydroxylation is 1. The zero-order valence-corrected chi connectivity index (χ0v) is 12.4. The molecule has 1 amide bonds. The Morgan fingerprint density at radius 2 is 2.05 bits per heavy atom. The largest absolute Gasteiger partial charge is 0.320 e. The molecule has 0 saturated heterocycles. The molecule has 0 fully saturated rings. The van der Waals surface area contributed by atoms with Gasteiger partial charge in [-0.05, 0) is 48.4 Å². The van der Waals surface area contributed by atoms with Gasteiger partial charge in [-0.15, -0.1) is 0 Å². The van der Waals surface area contributed by atoms with Crippen LogP contribution >= 0.6 is 15.9 Å². The number of nitrogens with one attached hydrogen (secondary N) is 1. The van der Waals surface area contributed by atoms with Crippen molar-refractivity contribution in [2.75, 3.05) is 5.32 Å². The smallest absolute Gasteiger partial charge is 0.248 e. The van der Waals surface area contributed by atoms with Crippen LogP contribution in [0.25, 0.3) is 6.08 Å². The highest BCUT2D eigenvalue weighted by molar-refractivity contribution is 9.10. The summed E-state index contributed by atoms with van der Waals surface area (Å²) in [5, 5.41) is 2.51. The van der Waals surface area contributed by atoms with Gasteiger partial charge in [0.25, 0.3) is 0 Å². The monoisotopic (exact) mass is 333 g/mol. The Morgan fingerprint density at radius 1 is 1.25 bits per heavy atom. The Morgan fingerprint density at radius 3 is 2.75 bits per heavy atom. The van der Waals surface area contributed by atoms with Crippen LogP contribution in [-0.4, -0.2) is 5.91 Å². The van der Waals surface area contributed by atoms with Crippen LogP contribution < -0.4 is 5.32 Å². The molecule has 20 heavy (non-hydrogen) atoms. The SMILES string of the molecule is Cc1ccc(NC(=O)C=Cc2cccc(Br)c2)c(F)c1. The maximum absolute atomic E-state index is 13.6. The highest BCUT2D eigenvalue weighted by atomic mass is 79.9. The summed E-state index contributed by atoms with van der Waals surface area (Å²) in [6, 6.07) is 12.2. The van der Waals surface area contributed by atoms with Crippen molar-refractivity contribution in [2.45, 2.75) is 6.92 Å². The van der Waals surface area contributed by atoms with Crippen LogP contribution in [0.4, 0.5) is 10.1 Å². The van der Waals surface area contributed by atoms with E-state index in [9.17, 15) is 9.18 Å². The standard InChI is InChI=1S/C16H13BrFNO/c1-11-5-7-15(14(18)9-11)19-16(20)8-6-12-3-2-4-13(17)10-12/h2-10H,1H3,(H,19,20). The van der Waals surface area contributed by atoms with Crippen molar-refractivity contribution in [3.63, 3.8) is 0 Å². The summed E-state index contributed by atoms with van der Waals surface area (Å²) in [6.07, 6.45) is 3.05. The fourth-order valence-electron chi connectivity index (χ4n) is 1.68. The maximum atomic E-state index is 13.6. The van der Waals surface area contributed by atoms with E-state index in [2.05, 4.69) is 21.2 Å². The van der Waals surface area contributed by atoms with E-state index in [4.69, 9.17) is 0 Å². The van der Waals surface area contributed by atoms with Gasteiger partial charge < -0.3 is 5.32 Å². The second kappa shape index (κ2) is 6.48. The molecular formula is C16H13BrFNO. The lowest BCUT2D eigenvalue weighted by molar-refractivity contribution is -0.111. The van der Waals surface area contributed by atoms with Gasteiger partial charge in [0.05, 0.1) is 5.69 Å². The Balaban J connectivity index is 2.05. The normalized spacial score (nSPS) is 10.8. The predicted molar refractivity (Wildman–Crippen MR) is 82.9 cm³/mol. The topological polar surface area (TPSA) is 29.1 Å². The molecule has 4 heteroatoms. The van der Waals surface area contributed by atoms with Gasteiger partial charge in [0.15, 0.2) is 0 Å². The number of amides is 1. The van der Waals surface area contributed by atoms with Gasteiger partial charge in [0.1, 0.15) is 5.82 Å². The molecule has 0 aromatic heterocycles. The fourth-order valence-corrected chi connectivity index (χ4v) is 2.10. The molecule has 2 rings (SSSR count). The first-order valence-corrected chi connectivity index (χ1v) is 6.85. The van der Waals surface area contributed by atoms with Crippen molar-refractivity contribution in [3.8, 4) is 0 Å². The van der Waals surface area contributed by atoms with Crippen LogP contribution in [-0.2, 0) is 4.79 Å². The maximum Gasteiger partial charge on any atom is 0.248 e. The van der Waals surface area contributed by atoms with Gasteiger partial charge in [-0.3, -0.25) is 4.79 Å². The third-order valence-electron chi connectivity index (χ3n) is 2.66. The molecule has 2 nitrogen and oxygen atoms in total. The van der Waals surface area contributed by atoms with Crippen molar-refractivity contribution in [1.82, 2.24) is 0 Å². The number of halogens is 2. The van der Waals surface area contributed by atoms with E-state index in [0.29, 0.717) is 0 Å². The van der Waals surface area contributed by atoms with E-state index in [1.165, 1.54) is 12.1 Å². The molecule has 2 aromatic rings. The van der Waals surface area contributed by atoms with Gasteiger partial charge in [-0.2, -0.15) is 0 Å². The number of anilines is 1. The molecule has 0 spiro atoms. The molecule has 0 saturated carbocycles. The second-order valence-corrected chi connectivity index (χ2v) is 5.28. The average Bonchev–Trinajstić information content (AvgIpc) is 2.40. The van der Waals surface area contributed by atoms with Crippen molar-refractivity contribution in [2.24, 2.45) is 0 Å². The lowest BCUT2D eigenvalue weighted by Gasteiger charge is -2.04. The highest BCUT2D eigenvalue weighted by Crippen LogP contribution is 2.16. The lowest BCUT2D eigenvalue weighted by atomic mass is 10.2.